The molecule has 0 fully saturated rings. The van der Waals surface area contributed by atoms with Crippen molar-refractivity contribution in [3.63, 3.8) is 0 Å². The summed E-state index contributed by atoms with van der Waals surface area (Å²) in [7, 11) is -0.783. The van der Waals surface area contributed by atoms with Gasteiger partial charge in [0.1, 0.15) is 18.1 Å². The maximum Gasteiger partial charge on any atom is 0.279 e. The van der Waals surface area contributed by atoms with Crippen molar-refractivity contribution in [2.75, 3.05) is 38.7 Å². The third kappa shape index (κ3) is 8.23. The van der Waals surface area contributed by atoms with E-state index < -0.39 is 10.0 Å². The molecule has 4 aromatic rings. The lowest BCUT2D eigenvalue weighted by molar-refractivity contribution is 0.0923. The zero-order chi connectivity index (χ0) is 29.2. The Morgan fingerprint density at radius 3 is 2.54 bits per heavy atom. The second-order valence-electron chi connectivity index (χ2n) is 9.22. The summed E-state index contributed by atoms with van der Waals surface area (Å²) in [5.41, 5.74) is 2.14. The van der Waals surface area contributed by atoms with Crippen LogP contribution in [0.15, 0.2) is 78.0 Å². The van der Waals surface area contributed by atoms with Gasteiger partial charge in [-0.3, -0.25) is 9.52 Å². The minimum absolute atomic E-state index is 0.00932. The highest BCUT2D eigenvalue weighted by molar-refractivity contribution is 7.99. The Kier molecular flexibility index (Phi) is 10.6. The number of amides is 1. The number of nitrogens with one attached hydrogen (secondary N) is 3. The molecule has 0 radical (unpaired) electrons. The van der Waals surface area contributed by atoms with Gasteiger partial charge in [0.15, 0.2) is 5.03 Å². The molecular formula is C29H34N4O6S2. The van der Waals surface area contributed by atoms with Crippen LogP contribution >= 0.6 is 11.8 Å². The summed E-state index contributed by atoms with van der Waals surface area (Å²) >= 11 is 1.71. The summed E-state index contributed by atoms with van der Waals surface area (Å²) in [5.74, 6) is 0.883. The minimum atomic E-state index is -4.00. The first-order valence-electron chi connectivity index (χ1n) is 13.0. The van der Waals surface area contributed by atoms with Gasteiger partial charge < -0.3 is 24.5 Å². The van der Waals surface area contributed by atoms with E-state index in [1.807, 2.05) is 25.1 Å². The first-order chi connectivity index (χ1) is 19.8. The molecule has 2 aromatic carbocycles. The number of carbonyl (C=O) groups is 1. The van der Waals surface area contributed by atoms with Crippen LogP contribution in [0.2, 0.25) is 0 Å². The van der Waals surface area contributed by atoms with Crippen LogP contribution in [-0.4, -0.2) is 69.6 Å². The third-order valence-corrected chi connectivity index (χ3v) is 9.09. The predicted octanol–water partition coefficient (Wildman–Crippen LogP) is 4.46. The molecule has 2 atom stereocenters. The predicted molar refractivity (Wildman–Crippen MR) is 161 cm³/mol. The van der Waals surface area contributed by atoms with E-state index in [-0.39, 0.29) is 40.3 Å². The van der Waals surface area contributed by atoms with Crippen molar-refractivity contribution >= 4 is 44.3 Å². The van der Waals surface area contributed by atoms with Crippen LogP contribution in [0, 0.1) is 0 Å². The van der Waals surface area contributed by atoms with Crippen molar-refractivity contribution in [2.45, 2.75) is 29.1 Å². The highest BCUT2D eigenvalue weighted by Gasteiger charge is 2.22. The quantitative estimate of drug-likeness (QED) is 0.171. The van der Waals surface area contributed by atoms with Gasteiger partial charge in [-0.15, -0.1) is 11.8 Å². The highest BCUT2D eigenvalue weighted by atomic mass is 32.2. The standard InChI is InChI=1S/C29H34N4O6S2/c1-20(38-3)26(40-19-21-9-5-4-6-10-21)18-31-29(34)25-16-22-15-23(39-14-13-37-2)17-24(28(22)32-25)33-41(35,36)27-11-7-8-12-30-27/h4-12,15-17,20,26,32-33H,13-14,18-19H2,1-3H3,(H,31,34). The maximum atomic E-state index is 13.2. The number of benzene rings is 2. The second kappa shape index (κ2) is 14.4. The number of aromatic nitrogens is 2. The van der Waals surface area contributed by atoms with Crippen molar-refractivity contribution < 1.29 is 27.4 Å². The fourth-order valence-electron chi connectivity index (χ4n) is 4.03. The minimum Gasteiger partial charge on any atom is -0.491 e. The molecule has 41 heavy (non-hydrogen) atoms. The smallest absolute Gasteiger partial charge is 0.279 e. The number of ether oxygens (including phenoxy) is 3. The molecule has 0 saturated carbocycles. The monoisotopic (exact) mass is 598 g/mol. The van der Waals surface area contributed by atoms with Crippen LogP contribution in [0.1, 0.15) is 23.0 Å². The highest BCUT2D eigenvalue weighted by Crippen LogP contribution is 2.31. The van der Waals surface area contributed by atoms with Crippen LogP contribution < -0.4 is 14.8 Å². The van der Waals surface area contributed by atoms with Crippen molar-refractivity contribution in [1.29, 1.82) is 0 Å². The topological polar surface area (TPSA) is 132 Å². The van der Waals surface area contributed by atoms with Gasteiger partial charge in [-0.2, -0.15) is 8.42 Å². The lowest BCUT2D eigenvalue weighted by Gasteiger charge is -2.22. The zero-order valence-corrected chi connectivity index (χ0v) is 24.8. The van der Waals surface area contributed by atoms with Gasteiger partial charge >= 0.3 is 0 Å². The average molecular weight is 599 g/mol. The van der Waals surface area contributed by atoms with Gasteiger partial charge in [0, 0.05) is 49.4 Å². The SMILES string of the molecule is COCCOc1cc(NS(=O)(=O)c2ccccn2)c2[nH]c(C(=O)NCC(SCc3ccccc3)C(C)OC)cc2c1. The Labute approximate surface area is 244 Å². The molecule has 218 valence electrons. The van der Waals surface area contributed by atoms with Crippen LogP contribution in [0.3, 0.4) is 0 Å². The van der Waals surface area contributed by atoms with Crippen LogP contribution in [0.25, 0.3) is 10.9 Å². The number of methoxy groups -OCH3 is 2. The molecule has 2 unspecified atom stereocenters. The third-order valence-electron chi connectivity index (χ3n) is 6.33. The number of carbonyl (C=O) groups excluding carboxylic acids is 1. The molecule has 1 amide bonds. The Balaban J connectivity index is 1.55. The zero-order valence-electron chi connectivity index (χ0n) is 23.1. The molecule has 0 spiro atoms. The molecule has 10 nitrogen and oxygen atoms in total. The number of rotatable bonds is 15. The number of anilines is 1. The summed E-state index contributed by atoms with van der Waals surface area (Å²) in [6.45, 7) is 2.98. The molecule has 2 aromatic heterocycles. The Morgan fingerprint density at radius 1 is 1.05 bits per heavy atom. The number of nitrogens with zero attached hydrogens (tertiary/aromatic N) is 1. The van der Waals surface area contributed by atoms with Gasteiger partial charge in [0.05, 0.1) is 23.9 Å². The first-order valence-corrected chi connectivity index (χ1v) is 15.5. The summed E-state index contributed by atoms with van der Waals surface area (Å²) in [5, 5.41) is 3.47. The summed E-state index contributed by atoms with van der Waals surface area (Å²) in [6.07, 6.45) is 1.31. The second-order valence-corrected chi connectivity index (χ2v) is 12.1. The van der Waals surface area contributed by atoms with Crippen molar-refractivity contribution in [3.05, 3.63) is 84.2 Å². The number of sulfonamides is 1. The van der Waals surface area contributed by atoms with Crippen molar-refractivity contribution in [3.8, 4) is 5.75 Å². The van der Waals surface area contributed by atoms with Crippen molar-refractivity contribution in [1.82, 2.24) is 15.3 Å². The van der Waals surface area contributed by atoms with E-state index in [2.05, 4.69) is 32.1 Å². The average Bonchev–Trinajstić information content (AvgIpc) is 3.42. The van der Waals surface area contributed by atoms with Crippen LogP contribution in [0.4, 0.5) is 5.69 Å². The van der Waals surface area contributed by atoms with E-state index in [1.54, 1.807) is 56.3 Å². The molecule has 0 aliphatic rings. The Morgan fingerprint density at radius 2 is 1.83 bits per heavy atom. The van der Waals surface area contributed by atoms with E-state index in [0.717, 1.165) is 5.75 Å². The number of hydrogen-bond acceptors (Lipinski definition) is 8. The fraction of sp³-hybridized carbons (Fsp3) is 0.310. The molecular weight excluding hydrogens is 564 g/mol. The van der Waals surface area contributed by atoms with E-state index in [9.17, 15) is 13.2 Å². The normalized spacial score (nSPS) is 13.0. The van der Waals surface area contributed by atoms with Crippen LogP contribution in [-0.2, 0) is 25.2 Å². The molecule has 0 aliphatic carbocycles. The van der Waals surface area contributed by atoms with Gasteiger partial charge in [0.2, 0.25) is 0 Å². The lowest BCUT2D eigenvalue weighted by Crippen LogP contribution is -2.37. The molecule has 4 rings (SSSR count). The molecule has 0 saturated heterocycles. The number of aromatic amines is 1. The molecule has 0 bridgehead atoms. The number of hydrogen-bond donors (Lipinski definition) is 3. The fourth-order valence-corrected chi connectivity index (χ4v) is 6.22. The van der Waals surface area contributed by atoms with Gasteiger partial charge in [-0.25, -0.2) is 4.98 Å². The van der Waals surface area contributed by atoms with E-state index in [0.29, 0.717) is 29.8 Å². The Bertz CT molecular complexity index is 1530. The van der Waals surface area contributed by atoms with E-state index in [1.165, 1.54) is 17.8 Å². The number of thioether (sulfide) groups is 1. The maximum absolute atomic E-state index is 13.2. The molecule has 12 heteroatoms. The van der Waals surface area contributed by atoms with Gasteiger partial charge in [-0.1, -0.05) is 36.4 Å². The van der Waals surface area contributed by atoms with Crippen LogP contribution in [0.5, 0.6) is 5.75 Å². The molecule has 0 aliphatic heterocycles. The van der Waals surface area contributed by atoms with E-state index in [4.69, 9.17) is 14.2 Å². The summed E-state index contributed by atoms with van der Waals surface area (Å²) < 4.78 is 45.1. The number of H-pyrrole nitrogens is 1. The molecule has 3 N–H and O–H groups in total. The largest absolute Gasteiger partial charge is 0.491 e. The molecule has 2 heterocycles. The first kappa shape index (κ1) is 30.4. The Hall–Kier alpha value is -3.58. The van der Waals surface area contributed by atoms with Gasteiger partial charge in [0.25, 0.3) is 15.9 Å². The summed E-state index contributed by atoms with van der Waals surface area (Å²) in [6, 6.07) is 19.7. The van der Waals surface area contributed by atoms with Crippen molar-refractivity contribution in [2.24, 2.45) is 0 Å². The number of pyridine rings is 1. The van der Waals surface area contributed by atoms with E-state index >= 15 is 0 Å². The lowest BCUT2D eigenvalue weighted by atomic mass is 10.2. The summed E-state index contributed by atoms with van der Waals surface area (Å²) in [4.78, 5) is 20.3. The number of fused-ring (bicyclic) bond motifs is 1. The van der Waals surface area contributed by atoms with Gasteiger partial charge in [-0.05, 0) is 36.8 Å².